The Morgan fingerprint density at radius 2 is 2.12 bits per heavy atom. The number of aromatic nitrogens is 3. The predicted octanol–water partition coefficient (Wildman–Crippen LogP) is -0.494. The maximum atomic E-state index is 11.6. The second-order valence-corrected chi connectivity index (χ2v) is 6.23. The Bertz CT molecular complexity index is 494. The van der Waals surface area contributed by atoms with E-state index in [-0.39, 0.29) is 24.6 Å². The molecule has 1 aromatic rings. The van der Waals surface area contributed by atoms with Gasteiger partial charge in [-0.05, 0) is 6.92 Å². The van der Waals surface area contributed by atoms with Crippen LogP contribution in [0, 0.1) is 6.92 Å². The molecule has 0 bridgehead atoms. The zero-order valence-corrected chi connectivity index (χ0v) is 10.9. The third kappa shape index (κ3) is 4.94. The Morgan fingerprint density at radius 1 is 1.47 bits per heavy atom. The molecule has 0 aliphatic heterocycles. The van der Waals surface area contributed by atoms with Crippen molar-refractivity contribution in [1.29, 1.82) is 0 Å². The first kappa shape index (κ1) is 13.6. The summed E-state index contributed by atoms with van der Waals surface area (Å²) < 4.78 is 21.8. The number of rotatable bonds is 5. The predicted molar refractivity (Wildman–Crippen MR) is 61.9 cm³/mol. The van der Waals surface area contributed by atoms with Gasteiger partial charge in [0.1, 0.15) is 15.7 Å². The topological polar surface area (TPSA) is 96.0 Å². The molecule has 1 heterocycles. The molecule has 0 saturated carbocycles. The van der Waals surface area contributed by atoms with Crippen LogP contribution in [0.3, 0.4) is 0 Å². The minimum atomic E-state index is -3.11. The van der Waals surface area contributed by atoms with E-state index >= 15 is 0 Å². The number of aryl methyl sites for hydroxylation is 1. The van der Waals surface area contributed by atoms with E-state index < -0.39 is 9.84 Å². The summed E-state index contributed by atoms with van der Waals surface area (Å²) in [5, 5.41) is 6.57. The van der Waals surface area contributed by atoms with E-state index in [1.54, 1.807) is 14.0 Å². The fourth-order valence-electron chi connectivity index (χ4n) is 1.22. The molecule has 0 radical (unpaired) electrons. The number of carbonyl (C=O) groups is 1. The van der Waals surface area contributed by atoms with Crippen molar-refractivity contribution in [2.45, 2.75) is 19.9 Å². The SMILES string of the molecule is Cc1nc(CN(C)C(=O)CCS(C)(=O)=O)n[nH]1. The fraction of sp³-hybridized carbons (Fsp3) is 0.667. The number of sulfone groups is 1. The highest BCUT2D eigenvalue weighted by Gasteiger charge is 2.14. The van der Waals surface area contributed by atoms with Gasteiger partial charge in [-0.15, -0.1) is 0 Å². The molecule has 96 valence electrons. The van der Waals surface area contributed by atoms with Crippen LogP contribution in [0.15, 0.2) is 0 Å². The van der Waals surface area contributed by atoms with E-state index in [0.29, 0.717) is 11.6 Å². The molecule has 0 spiro atoms. The Balaban J connectivity index is 2.47. The quantitative estimate of drug-likeness (QED) is 0.770. The van der Waals surface area contributed by atoms with Crippen LogP contribution < -0.4 is 0 Å². The number of amides is 1. The summed E-state index contributed by atoms with van der Waals surface area (Å²) in [4.78, 5) is 17.1. The average molecular weight is 260 g/mol. The van der Waals surface area contributed by atoms with Gasteiger partial charge in [-0.1, -0.05) is 0 Å². The number of nitrogens with zero attached hydrogens (tertiary/aromatic N) is 3. The van der Waals surface area contributed by atoms with Crippen molar-refractivity contribution in [2.75, 3.05) is 19.1 Å². The lowest BCUT2D eigenvalue weighted by Gasteiger charge is -2.14. The fourth-order valence-corrected chi connectivity index (χ4v) is 1.77. The van der Waals surface area contributed by atoms with Crippen molar-refractivity contribution < 1.29 is 13.2 Å². The molecule has 1 aromatic heterocycles. The molecule has 0 atom stereocenters. The summed E-state index contributed by atoms with van der Waals surface area (Å²) in [5.74, 6) is 0.816. The molecule has 0 aliphatic carbocycles. The van der Waals surface area contributed by atoms with Crippen LogP contribution in [0.1, 0.15) is 18.1 Å². The van der Waals surface area contributed by atoms with Crippen LogP contribution in [0.25, 0.3) is 0 Å². The molecule has 0 unspecified atom stereocenters. The van der Waals surface area contributed by atoms with Crippen LogP contribution in [0.2, 0.25) is 0 Å². The van der Waals surface area contributed by atoms with Crippen LogP contribution in [-0.2, 0) is 21.2 Å². The van der Waals surface area contributed by atoms with E-state index in [1.807, 2.05) is 0 Å². The third-order valence-corrected chi connectivity index (χ3v) is 3.08. The molecule has 17 heavy (non-hydrogen) atoms. The van der Waals surface area contributed by atoms with Crippen molar-refractivity contribution in [2.24, 2.45) is 0 Å². The highest BCUT2D eigenvalue weighted by atomic mass is 32.2. The maximum absolute atomic E-state index is 11.6. The monoisotopic (exact) mass is 260 g/mol. The van der Waals surface area contributed by atoms with E-state index in [1.165, 1.54) is 4.90 Å². The number of aromatic amines is 1. The first-order chi connectivity index (χ1) is 7.78. The normalized spacial score (nSPS) is 11.5. The van der Waals surface area contributed by atoms with Crippen LogP contribution in [-0.4, -0.2) is 53.5 Å². The molecule has 1 amide bonds. The highest BCUT2D eigenvalue weighted by Crippen LogP contribution is 2.00. The van der Waals surface area contributed by atoms with Gasteiger partial charge in [0.15, 0.2) is 5.82 Å². The summed E-state index contributed by atoms with van der Waals surface area (Å²) in [6.07, 6.45) is 1.09. The van der Waals surface area contributed by atoms with Gasteiger partial charge in [-0.25, -0.2) is 13.4 Å². The lowest BCUT2D eigenvalue weighted by atomic mass is 10.4. The third-order valence-electron chi connectivity index (χ3n) is 2.13. The van der Waals surface area contributed by atoms with E-state index in [2.05, 4.69) is 15.2 Å². The molecule has 1 rings (SSSR count). The van der Waals surface area contributed by atoms with Crippen molar-refractivity contribution in [1.82, 2.24) is 20.1 Å². The van der Waals surface area contributed by atoms with Gasteiger partial charge in [0, 0.05) is 19.7 Å². The largest absolute Gasteiger partial charge is 0.338 e. The summed E-state index contributed by atoms with van der Waals surface area (Å²) in [7, 11) is -1.51. The molecule has 7 nitrogen and oxygen atoms in total. The number of nitrogens with one attached hydrogen (secondary N) is 1. The number of hydrogen-bond acceptors (Lipinski definition) is 5. The Morgan fingerprint density at radius 3 is 2.59 bits per heavy atom. The van der Waals surface area contributed by atoms with Crippen molar-refractivity contribution in [3.8, 4) is 0 Å². The van der Waals surface area contributed by atoms with Crippen molar-refractivity contribution in [3.63, 3.8) is 0 Å². The van der Waals surface area contributed by atoms with Crippen molar-refractivity contribution in [3.05, 3.63) is 11.6 Å². The van der Waals surface area contributed by atoms with E-state index in [9.17, 15) is 13.2 Å². The lowest BCUT2D eigenvalue weighted by Crippen LogP contribution is -2.28. The first-order valence-corrected chi connectivity index (χ1v) is 7.13. The van der Waals surface area contributed by atoms with Gasteiger partial charge >= 0.3 is 0 Å². The first-order valence-electron chi connectivity index (χ1n) is 5.07. The van der Waals surface area contributed by atoms with Gasteiger partial charge in [0.25, 0.3) is 0 Å². The second kappa shape index (κ2) is 5.26. The molecule has 0 aliphatic rings. The Kier molecular flexibility index (Phi) is 4.22. The minimum Gasteiger partial charge on any atom is -0.338 e. The zero-order valence-electron chi connectivity index (χ0n) is 10.1. The standard InChI is InChI=1S/C9H16N4O3S/c1-7-10-8(12-11-7)6-13(2)9(14)4-5-17(3,15)16/h4-6H2,1-3H3,(H,10,11,12). The summed E-state index contributed by atoms with van der Waals surface area (Å²) in [5.41, 5.74) is 0. The van der Waals surface area contributed by atoms with Gasteiger partial charge in [-0.2, -0.15) is 5.10 Å². The molecule has 0 fully saturated rings. The number of carbonyl (C=O) groups excluding carboxylic acids is 1. The van der Waals surface area contributed by atoms with Gasteiger partial charge in [0.2, 0.25) is 5.91 Å². The molecule has 0 saturated heterocycles. The molecule has 1 N–H and O–H groups in total. The van der Waals surface area contributed by atoms with Crippen LogP contribution in [0.5, 0.6) is 0 Å². The molecule has 0 aromatic carbocycles. The zero-order chi connectivity index (χ0) is 13.1. The van der Waals surface area contributed by atoms with Gasteiger partial charge < -0.3 is 4.90 Å². The maximum Gasteiger partial charge on any atom is 0.223 e. The van der Waals surface area contributed by atoms with Crippen molar-refractivity contribution >= 4 is 15.7 Å². The minimum absolute atomic E-state index is 0.0151. The molecular formula is C9H16N4O3S. The summed E-state index contributed by atoms with van der Waals surface area (Å²) in [6.45, 7) is 2.04. The number of hydrogen-bond donors (Lipinski definition) is 1. The Hall–Kier alpha value is -1.44. The van der Waals surface area contributed by atoms with Gasteiger partial charge in [-0.3, -0.25) is 9.89 Å². The Labute approximate surface area is 100 Å². The van der Waals surface area contributed by atoms with Crippen LogP contribution in [0.4, 0.5) is 0 Å². The number of H-pyrrole nitrogens is 1. The average Bonchev–Trinajstić information content (AvgIpc) is 2.59. The molecular weight excluding hydrogens is 244 g/mol. The van der Waals surface area contributed by atoms with E-state index in [0.717, 1.165) is 6.26 Å². The van der Waals surface area contributed by atoms with E-state index in [4.69, 9.17) is 0 Å². The lowest BCUT2D eigenvalue weighted by molar-refractivity contribution is -0.130. The van der Waals surface area contributed by atoms with Crippen LogP contribution >= 0.6 is 0 Å². The molecule has 8 heteroatoms. The summed E-state index contributed by atoms with van der Waals surface area (Å²) >= 11 is 0. The second-order valence-electron chi connectivity index (χ2n) is 3.97. The smallest absolute Gasteiger partial charge is 0.223 e. The summed E-state index contributed by atoms with van der Waals surface area (Å²) in [6, 6.07) is 0. The highest BCUT2D eigenvalue weighted by molar-refractivity contribution is 7.90. The van der Waals surface area contributed by atoms with Gasteiger partial charge in [0.05, 0.1) is 12.3 Å².